The molecular formula is C20H18Cl2N2O4. The van der Waals surface area contributed by atoms with E-state index in [1.54, 1.807) is 0 Å². The Labute approximate surface area is 171 Å². The van der Waals surface area contributed by atoms with Crippen molar-refractivity contribution in [2.75, 3.05) is 7.11 Å². The number of hydrogen-bond acceptors (Lipinski definition) is 5. The number of benzene rings is 1. The summed E-state index contributed by atoms with van der Waals surface area (Å²) in [5.74, 6) is -0.777. The zero-order valence-electron chi connectivity index (χ0n) is 15.4. The molecule has 1 aromatic heterocycles. The van der Waals surface area contributed by atoms with Crippen molar-refractivity contribution in [2.45, 2.75) is 38.6 Å². The number of carbonyl (C=O) groups is 1. The van der Waals surface area contributed by atoms with Crippen LogP contribution in [0.2, 0.25) is 10.0 Å². The zero-order chi connectivity index (χ0) is 20.6. The smallest absolute Gasteiger partial charge is 0.271 e. The second-order valence-corrected chi connectivity index (χ2v) is 7.54. The van der Waals surface area contributed by atoms with Gasteiger partial charge in [-0.05, 0) is 37.5 Å². The molecule has 2 aromatic rings. The summed E-state index contributed by atoms with van der Waals surface area (Å²) in [7, 11) is 1.40. The van der Waals surface area contributed by atoms with Crippen molar-refractivity contribution in [3.8, 4) is 17.7 Å². The topological polar surface area (TPSA) is 92.3 Å². The molecular weight excluding hydrogens is 403 g/mol. The fourth-order valence-electron chi connectivity index (χ4n) is 3.73. The summed E-state index contributed by atoms with van der Waals surface area (Å²) in [6.45, 7) is 1.47. The number of pyridine rings is 1. The first-order valence-electron chi connectivity index (χ1n) is 8.77. The molecule has 1 fully saturated rings. The SMILES string of the molecule is COc1c(Cl)cc(C(=O)c2c(C)c(C#N)c(=O)n(C3CCCC3)c2O)cc1Cl. The largest absolute Gasteiger partial charge is 0.494 e. The van der Waals surface area contributed by atoms with Crippen LogP contribution < -0.4 is 10.3 Å². The van der Waals surface area contributed by atoms with Crippen molar-refractivity contribution < 1.29 is 14.6 Å². The van der Waals surface area contributed by atoms with E-state index < -0.39 is 17.2 Å². The molecule has 0 unspecified atom stereocenters. The first kappa shape index (κ1) is 20.2. The maximum Gasteiger partial charge on any atom is 0.271 e. The lowest BCUT2D eigenvalue weighted by molar-refractivity contribution is 0.103. The zero-order valence-corrected chi connectivity index (χ0v) is 16.9. The minimum atomic E-state index is -0.579. The number of rotatable bonds is 4. The van der Waals surface area contributed by atoms with E-state index in [-0.39, 0.29) is 44.1 Å². The number of aromatic nitrogens is 1. The van der Waals surface area contributed by atoms with E-state index in [0.717, 1.165) is 12.8 Å². The lowest BCUT2D eigenvalue weighted by Gasteiger charge is -2.20. The quantitative estimate of drug-likeness (QED) is 0.739. The third kappa shape index (κ3) is 3.25. The van der Waals surface area contributed by atoms with Gasteiger partial charge in [-0.15, -0.1) is 0 Å². The van der Waals surface area contributed by atoms with Gasteiger partial charge in [-0.1, -0.05) is 36.0 Å². The normalized spacial score (nSPS) is 14.1. The Hall–Kier alpha value is -2.49. The van der Waals surface area contributed by atoms with E-state index in [9.17, 15) is 20.0 Å². The molecule has 146 valence electrons. The van der Waals surface area contributed by atoms with Crippen molar-refractivity contribution in [1.29, 1.82) is 5.26 Å². The lowest BCUT2D eigenvalue weighted by Crippen LogP contribution is -2.29. The summed E-state index contributed by atoms with van der Waals surface area (Å²) >= 11 is 12.3. The van der Waals surface area contributed by atoms with Crippen LogP contribution in [0.25, 0.3) is 0 Å². The highest BCUT2D eigenvalue weighted by atomic mass is 35.5. The number of hydrogen-bond donors (Lipinski definition) is 1. The molecule has 28 heavy (non-hydrogen) atoms. The summed E-state index contributed by atoms with van der Waals surface area (Å²) < 4.78 is 6.27. The molecule has 1 aliphatic rings. The van der Waals surface area contributed by atoms with Gasteiger partial charge in [0.1, 0.15) is 11.6 Å². The van der Waals surface area contributed by atoms with Crippen LogP contribution in [0.5, 0.6) is 11.6 Å². The highest BCUT2D eigenvalue weighted by molar-refractivity contribution is 6.38. The van der Waals surface area contributed by atoms with Gasteiger partial charge in [0, 0.05) is 11.6 Å². The molecule has 1 heterocycles. The number of methoxy groups -OCH3 is 1. The van der Waals surface area contributed by atoms with Crippen LogP contribution in [-0.4, -0.2) is 22.6 Å². The Morgan fingerprint density at radius 1 is 1.29 bits per heavy atom. The van der Waals surface area contributed by atoms with Crippen molar-refractivity contribution in [3.63, 3.8) is 0 Å². The van der Waals surface area contributed by atoms with Gasteiger partial charge in [0.15, 0.2) is 11.5 Å². The number of nitrogens with zero attached hydrogens (tertiary/aromatic N) is 2. The number of ketones is 1. The maximum atomic E-state index is 13.2. The summed E-state index contributed by atoms with van der Waals surface area (Å²) in [4.78, 5) is 25.9. The summed E-state index contributed by atoms with van der Waals surface area (Å²) in [5.41, 5.74) is -0.576. The minimum Gasteiger partial charge on any atom is -0.494 e. The molecule has 3 rings (SSSR count). The highest BCUT2D eigenvalue weighted by Gasteiger charge is 2.30. The van der Waals surface area contributed by atoms with Crippen molar-refractivity contribution >= 4 is 29.0 Å². The summed E-state index contributed by atoms with van der Waals surface area (Å²) in [6, 6.07) is 4.39. The van der Waals surface area contributed by atoms with Crippen LogP contribution in [0.4, 0.5) is 0 Å². The van der Waals surface area contributed by atoms with Crippen LogP contribution >= 0.6 is 23.2 Å². The molecule has 1 aromatic carbocycles. The highest BCUT2D eigenvalue weighted by Crippen LogP contribution is 2.37. The van der Waals surface area contributed by atoms with Gasteiger partial charge < -0.3 is 9.84 Å². The van der Waals surface area contributed by atoms with Crippen molar-refractivity contribution in [3.05, 3.63) is 54.8 Å². The predicted molar refractivity (Wildman–Crippen MR) is 106 cm³/mol. The third-order valence-electron chi connectivity index (χ3n) is 5.13. The predicted octanol–water partition coefficient (Wildman–Crippen LogP) is 4.40. The summed E-state index contributed by atoms with van der Waals surface area (Å²) in [5, 5.41) is 20.6. The molecule has 0 amide bonds. The average Bonchev–Trinajstić information content (AvgIpc) is 3.15. The second-order valence-electron chi connectivity index (χ2n) is 6.73. The fraction of sp³-hybridized carbons (Fsp3) is 0.350. The van der Waals surface area contributed by atoms with Gasteiger partial charge in [-0.3, -0.25) is 14.2 Å². The van der Waals surface area contributed by atoms with E-state index in [1.807, 2.05) is 6.07 Å². The average molecular weight is 421 g/mol. The van der Waals surface area contributed by atoms with Crippen LogP contribution in [0.15, 0.2) is 16.9 Å². The third-order valence-corrected chi connectivity index (χ3v) is 5.69. The number of carbonyl (C=O) groups excluding carboxylic acids is 1. The molecule has 0 atom stereocenters. The van der Waals surface area contributed by atoms with Gasteiger partial charge in [-0.25, -0.2) is 0 Å². The number of halogens is 2. The van der Waals surface area contributed by atoms with Crippen LogP contribution in [0, 0.1) is 18.3 Å². The van der Waals surface area contributed by atoms with E-state index in [2.05, 4.69) is 0 Å². The van der Waals surface area contributed by atoms with E-state index in [1.165, 1.54) is 30.7 Å². The van der Waals surface area contributed by atoms with Gasteiger partial charge in [0.2, 0.25) is 5.88 Å². The second kappa shape index (κ2) is 7.86. The number of aromatic hydroxyl groups is 1. The Morgan fingerprint density at radius 3 is 2.36 bits per heavy atom. The van der Waals surface area contributed by atoms with Gasteiger partial charge >= 0.3 is 0 Å². The van der Waals surface area contributed by atoms with Crippen LogP contribution in [0.3, 0.4) is 0 Å². The van der Waals surface area contributed by atoms with Crippen LogP contribution in [-0.2, 0) is 0 Å². The Balaban J connectivity index is 2.24. The Morgan fingerprint density at radius 2 is 1.86 bits per heavy atom. The minimum absolute atomic E-state index is 0.0969. The van der Waals surface area contributed by atoms with E-state index in [0.29, 0.717) is 12.8 Å². The molecule has 0 bridgehead atoms. The van der Waals surface area contributed by atoms with E-state index >= 15 is 0 Å². The monoisotopic (exact) mass is 420 g/mol. The molecule has 0 aliphatic heterocycles. The fourth-order valence-corrected chi connectivity index (χ4v) is 4.37. The van der Waals surface area contributed by atoms with Gasteiger partial charge in [0.25, 0.3) is 5.56 Å². The molecule has 0 saturated heterocycles. The number of ether oxygens (including phenoxy) is 1. The standard InChI is InChI=1S/C20H18Cl2N2O4/c1-10-13(9-23)19(26)24(12-5-3-4-6-12)20(27)16(10)17(25)11-7-14(21)18(28-2)15(22)8-11/h7-8,12,27H,3-6H2,1-2H3. The van der Waals surface area contributed by atoms with Gasteiger partial charge in [-0.2, -0.15) is 5.26 Å². The molecule has 1 saturated carbocycles. The Kier molecular flexibility index (Phi) is 5.69. The van der Waals surface area contributed by atoms with Crippen LogP contribution in [0.1, 0.15) is 58.8 Å². The molecule has 0 radical (unpaired) electrons. The molecule has 6 nitrogen and oxygen atoms in total. The number of nitriles is 1. The molecule has 1 N–H and O–H groups in total. The molecule has 1 aliphatic carbocycles. The van der Waals surface area contributed by atoms with Crippen molar-refractivity contribution in [2.24, 2.45) is 0 Å². The summed E-state index contributed by atoms with van der Waals surface area (Å²) in [6.07, 6.45) is 3.24. The molecule has 8 heteroatoms. The lowest BCUT2D eigenvalue weighted by atomic mass is 9.96. The molecule has 0 spiro atoms. The van der Waals surface area contributed by atoms with Gasteiger partial charge in [0.05, 0.1) is 22.7 Å². The van der Waals surface area contributed by atoms with E-state index in [4.69, 9.17) is 27.9 Å². The maximum absolute atomic E-state index is 13.2. The first-order valence-corrected chi connectivity index (χ1v) is 9.53. The Bertz CT molecular complexity index is 1040. The van der Waals surface area contributed by atoms with Crippen molar-refractivity contribution in [1.82, 2.24) is 4.57 Å². The first-order chi connectivity index (χ1) is 13.3.